The second-order valence-corrected chi connectivity index (χ2v) is 7.96. The number of hydrogen-bond donors (Lipinski definition) is 2. The second kappa shape index (κ2) is 8.35. The molecular weight excluding hydrogens is 403 g/mol. The number of aromatic amines is 1. The van der Waals surface area contributed by atoms with E-state index in [-0.39, 0.29) is 17.2 Å². The van der Waals surface area contributed by atoms with Gasteiger partial charge < -0.3 is 24.5 Å². The zero-order chi connectivity index (χ0) is 21.3. The average Bonchev–Trinajstić information content (AvgIpc) is 3.24. The molecule has 2 N–H and O–H groups in total. The Bertz CT molecular complexity index is 913. The minimum atomic E-state index is -4.77. The highest BCUT2D eigenvalue weighted by molar-refractivity contribution is 5.33. The molecule has 164 valence electrons. The molecule has 7 nitrogen and oxygen atoms in total. The van der Waals surface area contributed by atoms with Crippen molar-refractivity contribution >= 4 is 0 Å². The van der Waals surface area contributed by atoms with E-state index in [1.165, 1.54) is 18.2 Å². The van der Waals surface area contributed by atoms with E-state index in [4.69, 9.17) is 4.74 Å². The van der Waals surface area contributed by atoms with Crippen LogP contribution in [0, 0.1) is 11.8 Å². The van der Waals surface area contributed by atoms with Crippen LogP contribution in [0.3, 0.4) is 0 Å². The second-order valence-electron chi connectivity index (χ2n) is 7.96. The van der Waals surface area contributed by atoms with E-state index < -0.39 is 18.6 Å². The number of fused-ring (bicyclic) bond motifs is 1. The highest BCUT2D eigenvalue weighted by Crippen LogP contribution is 2.38. The van der Waals surface area contributed by atoms with Gasteiger partial charge in [0.2, 0.25) is 0 Å². The van der Waals surface area contributed by atoms with Crippen LogP contribution in [-0.4, -0.2) is 57.8 Å². The van der Waals surface area contributed by atoms with Gasteiger partial charge in [-0.2, -0.15) is 0 Å². The lowest BCUT2D eigenvalue weighted by Crippen LogP contribution is -2.42. The van der Waals surface area contributed by atoms with E-state index in [9.17, 15) is 23.1 Å². The monoisotopic (exact) mass is 427 g/mol. The van der Waals surface area contributed by atoms with E-state index >= 15 is 0 Å². The molecule has 0 bridgehead atoms. The lowest BCUT2D eigenvalue weighted by atomic mass is 9.78. The molecule has 0 unspecified atom stereocenters. The molecule has 1 aliphatic heterocycles. The Labute approximate surface area is 171 Å². The van der Waals surface area contributed by atoms with E-state index in [0.717, 1.165) is 19.6 Å². The van der Waals surface area contributed by atoms with Crippen molar-refractivity contribution in [1.29, 1.82) is 0 Å². The average molecular weight is 427 g/mol. The molecule has 0 radical (unpaired) electrons. The number of nitrogens with one attached hydrogen (secondary N) is 1. The molecule has 0 spiro atoms. The predicted octanol–water partition coefficient (Wildman–Crippen LogP) is 2.23. The summed E-state index contributed by atoms with van der Waals surface area (Å²) in [6.07, 6.45) is -1.42. The lowest BCUT2D eigenvalue weighted by Gasteiger charge is -2.35. The van der Waals surface area contributed by atoms with Crippen molar-refractivity contribution < 1.29 is 27.8 Å². The number of likely N-dealkylation sites (tertiary alicyclic amines) is 1. The fraction of sp³-hybridized carbons (Fsp3) is 0.550. The van der Waals surface area contributed by atoms with Crippen LogP contribution in [0.1, 0.15) is 12.8 Å². The first-order valence-corrected chi connectivity index (χ1v) is 9.93. The number of hydrogen-bond acceptors (Lipinski definition) is 5. The first-order chi connectivity index (χ1) is 14.3. The summed E-state index contributed by atoms with van der Waals surface area (Å²) >= 11 is 0. The number of imidazole rings is 1. The zero-order valence-corrected chi connectivity index (χ0v) is 16.2. The Hall–Kier alpha value is -2.46. The third-order valence-corrected chi connectivity index (χ3v) is 5.87. The number of nitrogens with zero attached hydrogens (tertiary/aromatic N) is 2. The lowest BCUT2D eigenvalue weighted by molar-refractivity contribution is -0.274. The summed E-state index contributed by atoms with van der Waals surface area (Å²) in [4.78, 5) is 16.5. The van der Waals surface area contributed by atoms with Crippen molar-refractivity contribution in [2.75, 3.05) is 19.6 Å². The number of ether oxygens (including phenoxy) is 2. The van der Waals surface area contributed by atoms with Gasteiger partial charge in [0.15, 0.2) is 0 Å². The van der Waals surface area contributed by atoms with Crippen molar-refractivity contribution in [1.82, 2.24) is 14.5 Å². The van der Waals surface area contributed by atoms with Crippen molar-refractivity contribution in [2.45, 2.75) is 38.0 Å². The van der Waals surface area contributed by atoms with Gasteiger partial charge >= 0.3 is 12.1 Å². The number of aliphatic hydroxyl groups excluding tert-OH is 1. The molecule has 1 aromatic heterocycles. The van der Waals surface area contributed by atoms with Crippen LogP contribution in [0.4, 0.5) is 13.2 Å². The fourth-order valence-electron chi connectivity index (χ4n) is 4.49. The number of alkyl halides is 3. The van der Waals surface area contributed by atoms with Gasteiger partial charge in [-0.1, -0.05) is 6.07 Å². The molecule has 4 atom stereocenters. The Kier molecular flexibility index (Phi) is 5.79. The summed E-state index contributed by atoms with van der Waals surface area (Å²) in [5.74, 6) is 0.551. The molecule has 2 fully saturated rings. The maximum absolute atomic E-state index is 12.4. The third-order valence-electron chi connectivity index (χ3n) is 5.87. The maximum Gasteiger partial charge on any atom is 0.573 e. The number of aliphatic hydroxyl groups is 1. The minimum Gasteiger partial charge on any atom is -0.488 e. The van der Waals surface area contributed by atoms with Gasteiger partial charge in [-0.3, -0.25) is 4.57 Å². The van der Waals surface area contributed by atoms with Crippen LogP contribution >= 0.6 is 0 Å². The summed E-state index contributed by atoms with van der Waals surface area (Å²) < 4.78 is 48.7. The van der Waals surface area contributed by atoms with E-state index in [1.807, 2.05) is 0 Å². The summed E-state index contributed by atoms with van der Waals surface area (Å²) in [5, 5.41) is 10.5. The Morgan fingerprint density at radius 3 is 2.57 bits per heavy atom. The fourth-order valence-corrected chi connectivity index (χ4v) is 4.49. The summed E-state index contributed by atoms with van der Waals surface area (Å²) in [7, 11) is 0. The van der Waals surface area contributed by atoms with Gasteiger partial charge in [-0.25, -0.2) is 4.79 Å². The van der Waals surface area contributed by atoms with Crippen molar-refractivity contribution in [3.8, 4) is 11.5 Å². The predicted molar refractivity (Wildman–Crippen MR) is 101 cm³/mol. The number of H-pyrrole nitrogens is 1. The van der Waals surface area contributed by atoms with Gasteiger partial charge in [-0.05, 0) is 36.8 Å². The topological polar surface area (TPSA) is 79.7 Å². The van der Waals surface area contributed by atoms with Gasteiger partial charge in [-0.15, -0.1) is 13.2 Å². The van der Waals surface area contributed by atoms with E-state index in [1.54, 1.807) is 23.0 Å². The van der Waals surface area contributed by atoms with Crippen molar-refractivity contribution in [3.05, 3.63) is 47.1 Å². The maximum atomic E-state index is 12.4. The summed E-state index contributed by atoms with van der Waals surface area (Å²) in [6, 6.07) is 5.37. The Balaban J connectivity index is 1.34. The van der Waals surface area contributed by atoms with E-state index in [0.29, 0.717) is 31.2 Å². The Morgan fingerprint density at radius 2 is 1.87 bits per heavy atom. The van der Waals surface area contributed by atoms with Gasteiger partial charge in [0.25, 0.3) is 0 Å². The molecule has 4 rings (SSSR count). The SMILES string of the molecule is O=c1[nH]ccn1CCN1C[C@H]2C[C@@H](Oc3cccc(OC(F)(F)F)c3)[C@H](O)C[C@H]2C1. The largest absolute Gasteiger partial charge is 0.573 e. The summed E-state index contributed by atoms with van der Waals surface area (Å²) in [6.45, 7) is 3.02. The van der Waals surface area contributed by atoms with Crippen molar-refractivity contribution in [3.63, 3.8) is 0 Å². The number of benzene rings is 1. The van der Waals surface area contributed by atoms with Crippen molar-refractivity contribution in [2.24, 2.45) is 11.8 Å². The highest BCUT2D eigenvalue weighted by Gasteiger charge is 2.42. The highest BCUT2D eigenvalue weighted by atomic mass is 19.4. The smallest absolute Gasteiger partial charge is 0.488 e. The standard InChI is InChI=1S/C20H24F3N3O4/c21-20(22,23)30-16-3-1-2-15(10-16)29-18-9-14-12-25(11-13(14)8-17(18)27)6-7-26-5-4-24-19(26)28/h1-5,10,13-14,17-18,27H,6-9,11-12H2,(H,24,28)/t13-,14+,17+,18+/m0/s1. The third kappa shape index (κ3) is 4.99. The molecule has 10 heteroatoms. The van der Waals surface area contributed by atoms with Crippen LogP contribution in [0.5, 0.6) is 11.5 Å². The molecule has 1 aromatic carbocycles. The molecule has 0 amide bonds. The van der Waals surface area contributed by atoms with Crippen LogP contribution < -0.4 is 15.2 Å². The quantitative estimate of drug-likeness (QED) is 0.739. The molecule has 1 saturated carbocycles. The van der Waals surface area contributed by atoms with Crippen LogP contribution in [-0.2, 0) is 6.54 Å². The van der Waals surface area contributed by atoms with Gasteiger partial charge in [0.1, 0.15) is 17.6 Å². The molecule has 30 heavy (non-hydrogen) atoms. The molecule has 1 saturated heterocycles. The Morgan fingerprint density at radius 1 is 1.13 bits per heavy atom. The van der Waals surface area contributed by atoms with Crippen LogP contribution in [0.2, 0.25) is 0 Å². The van der Waals surface area contributed by atoms with Gasteiger partial charge in [0, 0.05) is 44.6 Å². The zero-order valence-electron chi connectivity index (χ0n) is 16.2. The first kappa shape index (κ1) is 20.8. The normalized spacial score (nSPS) is 27.1. The number of halogens is 3. The summed E-state index contributed by atoms with van der Waals surface area (Å²) in [5.41, 5.74) is -0.132. The number of aromatic nitrogens is 2. The van der Waals surface area contributed by atoms with Crippen LogP contribution in [0.15, 0.2) is 41.5 Å². The minimum absolute atomic E-state index is 0.132. The first-order valence-electron chi connectivity index (χ1n) is 9.93. The van der Waals surface area contributed by atoms with Crippen LogP contribution in [0.25, 0.3) is 0 Å². The van der Waals surface area contributed by atoms with E-state index in [2.05, 4.69) is 14.6 Å². The molecule has 2 aliphatic rings. The van der Waals surface area contributed by atoms with Gasteiger partial charge in [0.05, 0.1) is 6.10 Å². The number of rotatable bonds is 6. The molecule has 1 aliphatic carbocycles. The molecule has 2 heterocycles. The molecule has 2 aromatic rings. The molecular formula is C20H24F3N3O4.